The summed E-state index contributed by atoms with van der Waals surface area (Å²) in [6, 6.07) is 0.726. The fraction of sp³-hybridized carbons (Fsp3) is 1.00. The molecule has 2 nitrogen and oxygen atoms in total. The lowest BCUT2D eigenvalue weighted by atomic mass is 10.1. The van der Waals surface area contributed by atoms with E-state index in [0.29, 0.717) is 0 Å². The van der Waals surface area contributed by atoms with Crippen LogP contribution in [0.3, 0.4) is 0 Å². The van der Waals surface area contributed by atoms with E-state index in [1.54, 1.807) is 0 Å². The van der Waals surface area contributed by atoms with Crippen LogP contribution < -0.4 is 0 Å². The van der Waals surface area contributed by atoms with Gasteiger partial charge in [-0.3, -0.25) is 4.90 Å². The third-order valence-corrected chi connectivity index (χ3v) is 4.97. The zero-order valence-corrected chi connectivity index (χ0v) is 15.1. The highest BCUT2D eigenvalue weighted by atomic mass is 15.3. The smallest absolute Gasteiger partial charge is 0.0113 e. The van der Waals surface area contributed by atoms with Crippen molar-refractivity contribution in [3.8, 4) is 0 Å². The summed E-state index contributed by atoms with van der Waals surface area (Å²) in [5.41, 5.74) is 0. The number of hydrogen-bond acceptors (Lipinski definition) is 2. The Kier molecular flexibility index (Phi) is 11.3. The first kappa shape index (κ1) is 19.0. The average Bonchev–Trinajstić information content (AvgIpc) is 2.49. The van der Waals surface area contributed by atoms with Gasteiger partial charge in [-0.25, -0.2) is 0 Å². The third kappa shape index (κ3) is 9.52. The lowest BCUT2D eigenvalue weighted by Crippen LogP contribution is -2.48. The minimum absolute atomic E-state index is 0.726. The van der Waals surface area contributed by atoms with Gasteiger partial charge in [-0.05, 0) is 26.8 Å². The molecule has 0 aromatic carbocycles. The summed E-state index contributed by atoms with van der Waals surface area (Å²) in [7, 11) is 0. The molecule has 1 heterocycles. The van der Waals surface area contributed by atoms with Gasteiger partial charge in [0, 0.05) is 32.2 Å². The standard InChI is InChI=1S/C19H40N2/c1-4-5-6-7-8-9-10-11-12-13-14-20-15-17-21(18-16-20)19(2)3/h19H,4-18H2,1-3H3. The van der Waals surface area contributed by atoms with Gasteiger partial charge in [-0.1, -0.05) is 64.7 Å². The van der Waals surface area contributed by atoms with Crippen LogP contribution in [0.2, 0.25) is 0 Å². The van der Waals surface area contributed by atoms with E-state index in [4.69, 9.17) is 0 Å². The van der Waals surface area contributed by atoms with Crippen molar-refractivity contribution >= 4 is 0 Å². The SMILES string of the molecule is CCCCCCCCCCCCN1CCN(C(C)C)CC1. The van der Waals surface area contributed by atoms with Crippen LogP contribution >= 0.6 is 0 Å². The van der Waals surface area contributed by atoms with Crippen molar-refractivity contribution in [3.05, 3.63) is 0 Å². The maximum Gasteiger partial charge on any atom is 0.0113 e. The predicted molar refractivity (Wildman–Crippen MR) is 95.0 cm³/mol. The van der Waals surface area contributed by atoms with Crippen molar-refractivity contribution in [3.63, 3.8) is 0 Å². The van der Waals surface area contributed by atoms with Crippen LogP contribution in [0.25, 0.3) is 0 Å². The first-order chi connectivity index (χ1) is 10.2. The van der Waals surface area contributed by atoms with Crippen molar-refractivity contribution in [2.45, 2.75) is 91.0 Å². The third-order valence-electron chi connectivity index (χ3n) is 4.97. The van der Waals surface area contributed by atoms with Gasteiger partial charge < -0.3 is 4.90 Å². The molecule has 1 rings (SSSR count). The molecule has 0 atom stereocenters. The van der Waals surface area contributed by atoms with Crippen LogP contribution in [0.1, 0.15) is 85.0 Å². The maximum atomic E-state index is 2.67. The Balaban J connectivity index is 1.83. The van der Waals surface area contributed by atoms with E-state index in [1.165, 1.54) is 96.9 Å². The lowest BCUT2D eigenvalue weighted by molar-refractivity contribution is 0.107. The van der Waals surface area contributed by atoms with Crippen molar-refractivity contribution in [1.82, 2.24) is 9.80 Å². The molecule has 0 aromatic rings. The van der Waals surface area contributed by atoms with E-state index in [-0.39, 0.29) is 0 Å². The molecule has 1 saturated heterocycles. The Hall–Kier alpha value is -0.0800. The molecule has 0 aliphatic carbocycles. The molecule has 1 aliphatic heterocycles. The van der Waals surface area contributed by atoms with Gasteiger partial charge in [-0.2, -0.15) is 0 Å². The monoisotopic (exact) mass is 296 g/mol. The van der Waals surface area contributed by atoms with E-state index < -0.39 is 0 Å². The summed E-state index contributed by atoms with van der Waals surface area (Å²) in [6.07, 6.45) is 14.4. The summed E-state index contributed by atoms with van der Waals surface area (Å²) in [4.78, 5) is 5.28. The Bertz CT molecular complexity index is 220. The highest BCUT2D eigenvalue weighted by Gasteiger charge is 2.17. The molecule has 0 amide bonds. The molecule has 0 aromatic heterocycles. The molecule has 21 heavy (non-hydrogen) atoms. The molecule has 126 valence electrons. The van der Waals surface area contributed by atoms with E-state index in [1.807, 2.05) is 0 Å². The average molecular weight is 297 g/mol. The molecule has 0 unspecified atom stereocenters. The van der Waals surface area contributed by atoms with Gasteiger partial charge in [0.2, 0.25) is 0 Å². The molecular weight excluding hydrogens is 256 g/mol. The quantitative estimate of drug-likeness (QED) is 0.471. The Morgan fingerprint density at radius 2 is 1.14 bits per heavy atom. The lowest BCUT2D eigenvalue weighted by Gasteiger charge is -2.36. The number of nitrogens with zero attached hydrogens (tertiary/aromatic N) is 2. The molecule has 0 saturated carbocycles. The van der Waals surface area contributed by atoms with Gasteiger partial charge in [0.1, 0.15) is 0 Å². The van der Waals surface area contributed by atoms with Crippen molar-refractivity contribution < 1.29 is 0 Å². The van der Waals surface area contributed by atoms with Crippen molar-refractivity contribution in [1.29, 1.82) is 0 Å². The second-order valence-electron chi connectivity index (χ2n) is 7.15. The highest BCUT2D eigenvalue weighted by molar-refractivity contribution is 4.73. The first-order valence-corrected chi connectivity index (χ1v) is 9.70. The fourth-order valence-electron chi connectivity index (χ4n) is 3.33. The van der Waals surface area contributed by atoms with Crippen LogP contribution in [0.4, 0.5) is 0 Å². The molecule has 0 N–H and O–H groups in total. The predicted octanol–water partition coefficient (Wildman–Crippen LogP) is 4.93. The van der Waals surface area contributed by atoms with Crippen LogP contribution in [-0.4, -0.2) is 48.6 Å². The summed E-state index contributed by atoms with van der Waals surface area (Å²) in [5.74, 6) is 0. The summed E-state index contributed by atoms with van der Waals surface area (Å²) < 4.78 is 0. The number of hydrogen-bond donors (Lipinski definition) is 0. The normalized spacial score (nSPS) is 17.7. The number of piperazine rings is 1. The van der Waals surface area contributed by atoms with E-state index >= 15 is 0 Å². The summed E-state index contributed by atoms with van der Waals surface area (Å²) >= 11 is 0. The van der Waals surface area contributed by atoms with Crippen LogP contribution in [0, 0.1) is 0 Å². The second kappa shape index (κ2) is 12.5. The number of unbranched alkanes of at least 4 members (excludes halogenated alkanes) is 9. The minimum Gasteiger partial charge on any atom is -0.301 e. The molecule has 0 radical (unpaired) electrons. The Morgan fingerprint density at radius 1 is 0.667 bits per heavy atom. The van der Waals surface area contributed by atoms with Crippen molar-refractivity contribution in [2.24, 2.45) is 0 Å². The Morgan fingerprint density at radius 3 is 1.62 bits per heavy atom. The topological polar surface area (TPSA) is 6.48 Å². The van der Waals surface area contributed by atoms with Gasteiger partial charge in [0.25, 0.3) is 0 Å². The summed E-state index contributed by atoms with van der Waals surface area (Å²) in [6.45, 7) is 13.4. The summed E-state index contributed by atoms with van der Waals surface area (Å²) in [5, 5.41) is 0. The van der Waals surface area contributed by atoms with E-state index in [9.17, 15) is 0 Å². The minimum atomic E-state index is 0.726. The maximum absolute atomic E-state index is 2.67. The van der Waals surface area contributed by atoms with Crippen molar-refractivity contribution in [2.75, 3.05) is 32.7 Å². The van der Waals surface area contributed by atoms with Gasteiger partial charge >= 0.3 is 0 Å². The van der Waals surface area contributed by atoms with Crippen LogP contribution in [0.15, 0.2) is 0 Å². The Labute approximate surface area is 134 Å². The zero-order chi connectivity index (χ0) is 15.3. The van der Waals surface area contributed by atoms with Crippen LogP contribution in [0.5, 0.6) is 0 Å². The largest absolute Gasteiger partial charge is 0.301 e. The molecule has 1 aliphatic rings. The van der Waals surface area contributed by atoms with E-state index in [2.05, 4.69) is 30.6 Å². The fourth-order valence-corrected chi connectivity index (χ4v) is 3.33. The zero-order valence-electron chi connectivity index (χ0n) is 15.1. The highest BCUT2D eigenvalue weighted by Crippen LogP contribution is 2.11. The second-order valence-corrected chi connectivity index (χ2v) is 7.15. The van der Waals surface area contributed by atoms with Crippen LogP contribution in [-0.2, 0) is 0 Å². The van der Waals surface area contributed by atoms with Gasteiger partial charge in [0.05, 0.1) is 0 Å². The first-order valence-electron chi connectivity index (χ1n) is 9.70. The van der Waals surface area contributed by atoms with E-state index in [0.717, 1.165) is 6.04 Å². The molecule has 0 bridgehead atoms. The number of rotatable bonds is 12. The molecule has 2 heteroatoms. The van der Waals surface area contributed by atoms with Gasteiger partial charge in [-0.15, -0.1) is 0 Å². The molecular formula is C19H40N2. The molecule has 0 spiro atoms. The molecule has 1 fully saturated rings. The van der Waals surface area contributed by atoms with Gasteiger partial charge in [0.15, 0.2) is 0 Å².